The highest BCUT2D eigenvalue weighted by atomic mass is 35.5. The van der Waals surface area contributed by atoms with Crippen molar-refractivity contribution >= 4 is 23.7 Å². The van der Waals surface area contributed by atoms with Gasteiger partial charge in [0.15, 0.2) is 0 Å². The molecule has 0 aliphatic heterocycles. The number of halogens is 1. The second-order valence-corrected chi connectivity index (χ2v) is 10.3. The number of carbonyl (C=O) groups excluding carboxylic acids is 2. The summed E-state index contributed by atoms with van der Waals surface area (Å²) in [6, 6.07) is 14.5. The van der Waals surface area contributed by atoms with Gasteiger partial charge in [-0.1, -0.05) is 103 Å². The van der Waals surface area contributed by atoms with Gasteiger partial charge in [0.25, 0.3) is 0 Å². The molecule has 0 aromatic heterocycles. The first-order chi connectivity index (χ1) is 17.8. The van der Waals surface area contributed by atoms with E-state index in [4.69, 9.17) is 25.8 Å². The molecule has 204 valence electrons. The molecule has 0 radical (unpaired) electrons. The molecular weight excluding hydrogens is 488 g/mol. The average molecular weight is 531 g/mol. The van der Waals surface area contributed by atoms with Gasteiger partial charge in [0.1, 0.15) is 16.9 Å². The van der Waals surface area contributed by atoms with Crippen molar-refractivity contribution in [3.05, 3.63) is 48.5 Å². The molecule has 0 heterocycles. The minimum absolute atomic E-state index is 0.0340. The molecule has 0 fully saturated rings. The summed E-state index contributed by atoms with van der Waals surface area (Å²) in [7, 11) is 0. The van der Waals surface area contributed by atoms with Crippen LogP contribution in [0.5, 0.6) is 11.5 Å². The van der Waals surface area contributed by atoms with Crippen molar-refractivity contribution in [3.8, 4) is 22.6 Å². The van der Waals surface area contributed by atoms with Crippen LogP contribution in [0.4, 0.5) is 4.79 Å². The van der Waals surface area contributed by atoms with Crippen LogP contribution in [0.25, 0.3) is 11.1 Å². The maximum atomic E-state index is 12.5. The van der Waals surface area contributed by atoms with Crippen LogP contribution in [0.3, 0.4) is 0 Å². The van der Waals surface area contributed by atoms with Crippen LogP contribution in [0.2, 0.25) is 0 Å². The first-order valence-electron chi connectivity index (χ1n) is 13.8. The monoisotopic (exact) mass is 530 g/mol. The summed E-state index contributed by atoms with van der Waals surface area (Å²) >= 11 is 6.38. The van der Waals surface area contributed by atoms with Crippen LogP contribution in [-0.2, 0) is 9.53 Å². The Labute approximate surface area is 227 Å². The quantitative estimate of drug-likeness (QED) is 0.0711. The molecule has 0 amide bonds. The van der Waals surface area contributed by atoms with Crippen molar-refractivity contribution in [2.75, 3.05) is 6.61 Å². The fraction of sp³-hybridized carbons (Fsp3) is 0.548. The number of carbonyl (C=O) groups is 2. The summed E-state index contributed by atoms with van der Waals surface area (Å²) in [5.41, 5.74) is 1.89. The van der Waals surface area contributed by atoms with E-state index < -0.39 is 17.5 Å². The van der Waals surface area contributed by atoms with Gasteiger partial charge < -0.3 is 14.2 Å². The number of hydrogen-bond acceptors (Lipinski definition) is 5. The summed E-state index contributed by atoms with van der Waals surface area (Å²) in [5.74, 6) is 0.843. The number of unbranched alkanes of at least 4 members (excludes halogenated alkanes) is 6. The van der Waals surface area contributed by atoms with Crippen LogP contribution in [0, 0.1) is 11.8 Å². The third kappa shape index (κ3) is 11.2. The van der Waals surface area contributed by atoms with Crippen molar-refractivity contribution in [2.24, 2.45) is 11.8 Å². The first-order valence-corrected chi connectivity index (χ1v) is 14.2. The Balaban J connectivity index is 1.78. The number of hydrogen-bond donors (Lipinski definition) is 0. The Morgan fingerprint density at radius 2 is 1.24 bits per heavy atom. The van der Waals surface area contributed by atoms with E-state index in [1.807, 2.05) is 31.2 Å². The molecule has 0 saturated heterocycles. The van der Waals surface area contributed by atoms with Crippen molar-refractivity contribution < 1.29 is 23.8 Å². The molecule has 6 heteroatoms. The van der Waals surface area contributed by atoms with Gasteiger partial charge in [-0.2, -0.15) is 0 Å². The Kier molecular flexibility index (Phi) is 14.2. The van der Waals surface area contributed by atoms with Gasteiger partial charge in [-0.3, -0.25) is 4.79 Å². The second-order valence-electron chi connectivity index (χ2n) is 9.82. The van der Waals surface area contributed by atoms with Crippen molar-refractivity contribution in [1.82, 2.24) is 0 Å². The van der Waals surface area contributed by atoms with E-state index in [0.717, 1.165) is 36.8 Å². The maximum absolute atomic E-state index is 12.5. The number of alkyl halides is 1. The predicted octanol–water partition coefficient (Wildman–Crippen LogP) is 9.20. The zero-order valence-corrected chi connectivity index (χ0v) is 23.6. The van der Waals surface area contributed by atoms with Crippen molar-refractivity contribution in [2.45, 2.75) is 90.9 Å². The minimum atomic E-state index is -0.684. The molecule has 2 rings (SSSR count). The lowest BCUT2D eigenvalue weighted by molar-refractivity contribution is -0.135. The third-order valence-corrected chi connectivity index (χ3v) is 7.33. The fourth-order valence-electron chi connectivity index (χ4n) is 4.16. The number of ether oxygens (including phenoxy) is 3. The van der Waals surface area contributed by atoms with Gasteiger partial charge in [-0.15, -0.1) is 11.6 Å². The SMILES string of the molecule is CCCCCCCCCOC(=O)Oc1ccc(-c2ccc(OC(=O)C(Cl)C(C)C(C)CCC)cc2)cc1. The Bertz CT molecular complexity index is 926. The van der Waals surface area contributed by atoms with Crippen LogP contribution >= 0.6 is 11.6 Å². The molecule has 3 unspecified atom stereocenters. The van der Waals surface area contributed by atoms with E-state index in [-0.39, 0.29) is 5.92 Å². The maximum Gasteiger partial charge on any atom is 0.513 e. The summed E-state index contributed by atoms with van der Waals surface area (Å²) in [6.45, 7) is 8.81. The number of benzene rings is 2. The van der Waals surface area contributed by atoms with E-state index >= 15 is 0 Å². The van der Waals surface area contributed by atoms with E-state index in [1.54, 1.807) is 24.3 Å². The van der Waals surface area contributed by atoms with Crippen LogP contribution in [0.1, 0.15) is 85.5 Å². The van der Waals surface area contributed by atoms with E-state index in [1.165, 1.54) is 32.1 Å². The molecule has 37 heavy (non-hydrogen) atoms. The standard InChI is InChI=1S/C31H43ClO5/c1-5-7-8-9-10-11-12-22-35-31(34)37-28-20-16-26(17-21-28)25-14-18-27(19-15-25)36-30(33)29(32)24(4)23(3)13-6-2/h14-21,23-24,29H,5-13,22H2,1-4H3. The third-order valence-electron chi connectivity index (χ3n) is 6.76. The van der Waals surface area contributed by atoms with Gasteiger partial charge in [0, 0.05) is 0 Å². The Hall–Kier alpha value is -2.53. The Morgan fingerprint density at radius 1 is 0.730 bits per heavy atom. The molecular formula is C31H43ClO5. The summed E-state index contributed by atoms with van der Waals surface area (Å²) in [4.78, 5) is 24.4. The lowest BCUT2D eigenvalue weighted by Crippen LogP contribution is -2.30. The van der Waals surface area contributed by atoms with Gasteiger partial charge in [-0.25, -0.2) is 4.79 Å². The van der Waals surface area contributed by atoms with Crippen molar-refractivity contribution in [1.29, 1.82) is 0 Å². The Morgan fingerprint density at radius 3 is 1.78 bits per heavy atom. The molecule has 2 aromatic rings. The summed E-state index contributed by atoms with van der Waals surface area (Å²) in [5, 5.41) is -0.684. The first kappa shape index (κ1) is 30.7. The second kappa shape index (κ2) is 17.1. The highest BCUT2D eigenvalue weighted by Crippen LogP contribution is 2.27. The lowest BCUT2D eigenvalue weighted by atomic mass is 9.89. The molecule has 0 saturated carbocycles. The fourth-order valence-corrected chi connectivity index (χ4v) is 4.46. The predicted molar refractivity (Wildman–Crippen MR) is 150 cm³/mol. The van der Waals surface area contributed by atoms with Gasteiger partial charge >= 0.3 is 12.1 Å². The number of esters is 1. The number of rotatable bonds is 16. The van der Waals surface area contributed by atoms with E-state index in [9.17, 15) is 9.59 Å². The smallest absolute Gasteiger partial charge is 0.434 e. The molecule has 0 aliphatic rings. The summed E-state index contributed by atoms with van der Waals surface area (Å²) < 4.78 is 16.0. The van der Waals surface area contributed by atoms with Gasteiger partial charge in [0.2, 0.25) is 0 Å². The average Bonchev–Trinajstić information content (AvgIpc) is 2.90. The molecule has 2 aromatic carbocycles. The largest absolute Gasteiger partial charge is 0.513 e. The van der Waals surface area contributed by atoms with E-state index in [2.05, 4.69) is 20.8 Å². The van der Waals surface area contributed by atoms with Gasteiger partial charge in [0.05, 0.1) is 6.61 Å². The van der Waals surface area contributed by atoms with Gasteiger partial charge in [-0.05, 0) is 53.6 Å². The van der Waals surface area contributed by atoms with Crippen LogP contribution in [0.15, 0.2) is 48.5 Å². The lowest BCUT2D eigenvalue weighted by Gasteiger charge is -2.22. The molecule has 0 bridgehead atoms. The zero-order chi connectivity index (χ0) is 27.0. The van der Waals surface area contributed by atoms with Crippen LogP contribution in [-0.4, -0.2) is 24.1 Å². The topological polar surface area (TPSA) is 61.8 Å². The minimum Gasteiger partial charge on any atom is -0.434 e. The molecule has 0 N–H and O–H groups in total. The normalized spacial score (nSPS) is 13.4. The molecule has 0 spiro atoms. The van der Waals surface area contributed by atoms with Crippen LogP contribution < -0.4 is 9.47 Å². The summed E-state index contributed by atoms with van der Waals surface area (Å²) in [6.07, 6.45) is 9.54. The molecule has 0 aliphatic carbocycles. The highest BCUT2D eigenvalue weighted by Gasteiger charge is 2.28. The molecule has 5 nitrogen and oxygen atoms in total. The van der Waals surface area contributed by atoms with Crippen molar-refractivity contribution in [3.63, 3.8) is 0 Å². The highest BCUT2D eigenvalue weighted by molar-refractivity contribution is 6.30. The van der Waals surface area contributed by atoms with E-state index in [0.29, 0.717) is 24.0 Å². The molecule has 3 atom stereocenters. The zero-order valence-electron chi connectivity index (χ0n) is 22.8.